The average Bonchev–Trinajstić information content (AvgIpc) is 3.66. The third kappa shape index (κ3) is 5.40. The minimum atomic E-state index is -0.812. The number of thioether (sulfide) groups is 1. The fraction of sp³-hybridized carbons (Fsp3) is 0.472. The molecule has 5 rings (SSSR count). The van der Waals surface area contributed by atoms with Crippen LogP contribution < -0.4 is 9.80 Å². The smallest absolute Gasteiger partial charge is 0.251 e. The third-order valence-electron chi connectivity index (χ3n) is 9.48. The molecule has 8 heteroatoms. The number of aliphatic hydroxyl groups excluding tert-OH is 1. The largest absolute Gasteiger partial charge is 0.394 e. The van der Waals surface area contributed by atoms with E-state index in [2.05, 4.69) is 27.0 Å². The van der Waals surface area contributed by atoms with Gasteiger partial charge in [0, 0.05) is 29.7 Å². The molecular weight excluding hydrogens is 570 g/mol. The highest BCUT2D eigenvalue weighted by molar-refractivity contribution is 8.02. The van der Waals surface area contributed by atoms with Gasteiger partial charge in [0.1, 0.15) is 6.04 Å². The van der Waals surface area contributed by atoms with Crippen LogP contribution in [0.2, 0.25) is 0 Å². The van der Waals surface area contributed by atoms with E-state index in [4.69, 9.17) is 0 Å². The summed E-state index contributed by atoms with van der Waals surface area (Å²) in [6.07, 6.45) is 5.39. The zero-order valence-corrected chi connectivity index (χ0v) is 27.1. The van der Waals surface area contributed by atoms with Crippen molar-refractivity contribution in [2.75, 3.05) is 29.5 Å². The summed E-state index contributed by atoms with van der Waals surface area (Å²) in [5.41, 5.74) is 3.53. The molecule has 1 spiro atoms. The van der Waals surface area contributed by atoms with Crippen LogP contribution in [0.25, 0.3) is 0 Å². The van der Waals surface area contributed by atoms with Crippen molar-refractivity contribution in [1.29, 1.82) is 0 Å². The van der Waals surface area contributed by atoms with E-state index >= 15 is 4.79 Å². The van der Waals surface area contributed by atoms with Gasteiger partial charge < -0.3 is 19.8 Å². The summed E-state index contributed by atoms with van der Waals surface area (Å²) in [6.45, 7) is 16.3. The molecule has 2 aromatic rings. The highest BCUT2D eigenvalue weighted by Gasteiger charge is 2.74. The van der Waals surface area contributed by atoms with Crippen LogP contribution in [-0.4, -0.2) is 69.5 Å². The lowest BCUT2D eigenvalue weighted by Crippen LogP contribution is -2.58. The molecule has 2 unspecified atom stereocenters. The molecule has 2 bridgehead atoms. The molecule has 3 aliphatic heterocycles. The molecule has 3 fully saturated rings. The third-order valence-corrected chi connectivity index (χ3v) is 11.4. The lowest BCUT2D eigenvalue weighted by atomic mass is 9.70. The topological polar surface area (TPSA) is 81.2 Å². The van der Waals surface area contributed by atoms with Gasteiger partial charge in [-0.25, -0.2) is 0 Å². The number of aliphatic hydroxyl groups is 1. The average molecular weight is 616 g/mol. The monoisotopic (exact) mass is 615 g/mol. The van der Waals surface area contributed by atoms with Gasteiger partial charge in [-0.1, -0.05) is 56.3 Å². The minimum Gasteiger partial charge on any atom is -0.394 e. The summed E-state index contributed by atoms with van der Waals surface area (Å²) in [5, 5.41) is 10.6. The van der Waals surface area contributed by atoms with Crippen LogP contribution >= 0.6 is 11.8 Å². The molecule has 0 radical (unpaired) electrons. The highest BCUT2D eigenvalue weighted by Crippen LogP contribution is 2.67. The van der Waals surface area contributed by atoms with Crippen molar-refractivity contribution < 1.29 is 19.5 Å². The number of carbonyl (C=O) groups excluding carboxylic acids is 3. The van der Waals surface area contributed by atoms with E-state index in [9.17, 15) is 14.7 Å². The molecule has 7 nitrogen and oxygen atoms in total. The standard InChI is InChI=1S/C36H45N3O4S/c1-7-18-37(26-12-10-9-11-13-26)33(41)30-29-16-17-36(44-29)31(30)34(42)39(27(22-40)20-23(3)4)32(36)35(43)38(19-8-2)28-21-24(5)14-15-25(28)6/h7-15,21,23,27,29-32,40H,1-2,16-20,22H2,3-6H3/t27-,29+,30-,31+,32?,36?/m1/s1. The first-order valence-electron chi connectivity index (χ1n) is 15.7. The van der Waals surface area contributed by atoms with E-state index < -0.39 is 28.7 Å². The number of carbonyl (C=O) groups is 3. The van der Waals surface area contributed by atoms with Crippen LogP contribution in [0, 0.1) is 31.6 Å². The van der Waals surface area contributed by atoms with Crippen LogP contribution in [0.4, 0.5) is 11.4 Å². The number of para-hydroxylation sites is 1. The Morgan fingerprint density at radius 3 is 2.39 bits per heavy atom. The molecule has 1 N–H and O–H groups in total. The molecule has 234 valence electrons. The van der Waals surface area contributed by atoms with Gasteiger partial charge in [-0.05, 0) is 68.4 Å². The number of likely N-dealkylation sites (tertiary alicyclic amines) is 1. The summed E-state index contributed by atoms with van der Waals surface area (Å²) < 4.78 is -0.767. The molecule has 2 aromatic carbocycles. The Kier molecular flexibility index (Phi) is 9.42. The van der Waals surface area contributed by atoms with Gasteiger partial charge >= 0.3 is 0 Å². The second-order valence-electron chi connectivity index (χ2n) is 12.9. The summed E-state index contributed by atoms with van der Waals surface area (Å²) in [5.74, 6) is -1.52. The van der Waals surface area contributed by atoms with E-state index in [1.165, 1.54) is 0 Å². The van der Waals surface area contributed by atoms with Crippen molar-refractivity contribution in [3.8, 4) is 0 Å². The van der Waals surface area contributed by atoms with Gasteiger partial charge in [0.15, 0.2) is 0 Å². The van der Waals surface area contributed by atoms with Gasteiger partial charge in [-0.2, -0.15) is 0 Å². The number of nitrogens with zero attached hydrogens (tertiary/aromatic N) is 3. The summed E-state index contributed by atoms with van der Waals surface area (Å²) >= 11 is 1.65. The van der Waals surface area contributed by atoms with Crippen LogP contribution in [0.15, 0.2) is 73.8 Å². The van der Waals surface area contributed by atoms with Crippen LogP contribution in [-0.2, 0) is 14.4 Å². The minimum absolute atomic E-state index is 0.0730. The number of hydrogen-bond acceptors (Lipinski definition) is 5. The first-order chi connectivity index (χ1) is 21.1. The summed E-state index contributed by atoms with van der Waals surface area (Å²) in [6, 6.07) is 14.2. The fourth-order valence-electron chi connectivity index (χ4n) is 7.70. The van der Waals surface area contributed by atoms with Gasteiger partial charge in [0.25, 0.3) is 5.91 Å². The number of hydrogen-bond donors (Lipinski definition) is 1. The molecule has 6 atom stereocenters. The molecule has 3 amide bonds. The molecule has 3 heterocycles. The predicted octanol–water partition coefficient (Wildman–Crippen LogP) is 5.54. The van der Waals surface area contributed by atoms with Crippen molar-refractivity contribution in [3.05, 3.63) is 85.0 Å². The van der Waals surface area contributed by atoms with Gasteiger partial charge in [-0.3, -0.25) is 14.4 Å². The number of amides is 3. The lowest BCUT2D eigenvalue weighted by molar-refractivity contribution is -0.142. The number of benzene rings is 2. The van der Waals surface area contributed by atoms with Crippen molar-refractivity contribution >= 4 is 40.9 Å². The van der Waals surface area contributed by atoms with E-state index in [0.29, 0.717) is 19.4 Å². The van der Waals surface area contributed by atoms with E-state index in [1.807, 2.05) is 62.4 Å². The first-order valence-corrected chi connectivity index (χ1v) is 16.5. The fourth-order valence-corrected chi connectivity index (χ4v) is 9.89. The maximum Gasteiger partial charge on any atom is 0.251 e. The molecule has 3 aliphatic rings. The molecule has 3 saturated heterocycles. The van der Waals surface area contributed by atoms with Gasteiger partial charge in [0.05, 0.1) is 29.2 Å². The zero-order valence-electron chi connectivity index (χ0n) is 26.3. The maximum atomic E-state index is 15.0. The first kappa shape index (κ1) is 32.0. The molecular formula is C36H45N3O4S. The van der Waals surface area contributed by atoms with Gasteiger partial charge in [0.2, 0.25) is 11.8 Å². The Morgan fingerprint density at radius 2 is 1.75 bits per heavy atom. The van der Waals surface area contributed by atoms with Crippen molar-refractivity contribution in [1.82, 2.24) is 4.90 Å². The maximum absolute atomic E-state index is 15.0. The Balaban J connectivity index is 1.62. The highest BCUT2D eigenvalue weighted by atomic mass is 32.2. The van der Waals surface area contributed by atoms with E-state index in [0.717, 1.165) is 28.9 Å². The second kappa shape index (κ2) is 12.9. The van der Waals surface area contributed by atoms with Crippen LogP contribution in [0.5, 0.6) is 0 Å². The van der Waals surface area contributed by atoms with Crippen molar-refractivity contribution in [2.24, 2.45) is 17.8 Å². The van der Waals surface area contributed by atoms with Gasteiger partial charge in [-0.15, -0.1) is 24.9 Å². The number of rotatable bonds is 12. The molecule has 0 saturated carbocycles. The molecule has 0 aliphatic carbocycles. The zero-order chi connectivity index (χ0) is 31.8. The Hall–Kier alpha value is -3.36. The van der Waals surface area contributed by atoms with Crippen molar-refractivity contribution in [3.63, 3.8) is 0 Å². The number of fused-ring (bicyclic) bond motifs is 1. The second-order valence-corrected chi connectivity index (χ2v) is 14.5. The van der Waals surface area contributed by atoms with Crippen molar-refractivity contribution in [2.45, 2.75) is 69.0 Å². The molecule has 0 aromatic heterocycles. The number of anilines is 2. The Labute approximate surface area is 266 Å². The van der Waals surface area contributed by atoms with E-state index in [-0.39, 0.29) is 42.0 Å². The Bertz CT molecular complexity index is 1430. The normalized spacial score (nSPS) is 26.0. The lowest BCUT2D eigenvalue weighted by Gasteiger charge is -2.40. The number of aryl methyl sites for hydroxylation is 2. The molecule has 44 heavy (non-hydrogen) atoms. The predicted molar refractivity (Wildman–Crippen MR) is 179 cm³/mol. The summed E-state index contributed by atoms with van der Waals surface area (Å²) in [7, 11) is 0. The van der Waals surface area contributed by atoms with Crippen LogP contribution in [0.3, 0.4) is 0 Å². The Morgan fingerprint density at radius 1 is 1.07 bits per heavy atom. The SMILES string of the molecule is C=CCN(C(=O)[C@@H]1[C@@H]2CCC3(S2)C(C(=O)N(CC=C)c2cc(C)ccc2C)N([C@@H](CO)CC(C)C)C(=O)[C@H]13)c1ccccc1. The quantitative estimate of drug-likeness (QED) is 0.317. The summed E-state index contributed by atoms with van der Waals surface area (Å²) in [4.78, 5) is 49.4. The van der Waals surface area contributed by atoms with E-state index in [1.54, 1.807) is 38.6 Å². The van der Waals surface area contributed by atoms with Crippen LogP contribution in [0.1, 0.15) is 44.2 Å².